The van der Waals surface area contributed by atoms with Crippen molar-refractivity contribution in [2.45, 2.75) is 63.5 Å². The Morgan fingerprint density at radius 1 is 1.17 bits per heavy atom. The molecule has 3 rings (SSSR count). The van der Waals surface area contributed by atoms with E-state index < -0.39 is 6.09 Å². The van der Waals surface area contributed by atoms with Gasteiger partial charge in [-0.1, -0.05) is 55.8 Å². The van der Waals surface area contributed by atoms with Crippen LogP contribution in [0.2, 0.25) is 5.02 Å². The van der Waals surface area contributed by atoms with Crippen molar-refractivity contribution < 1.29 is 19.1 Å². The number of nitrogens with one attached hydrogen (secondary N) is 3. The number of amides is 3. The van der Waals surface area contributed by atoms with Crippen LogP contribution in [0.4, 0.5) is 9.59 Å². The highest BCUT2D eigenvalue weighted by Gasteiger charge is 2.32. The summed E-state index contributed by atoms with van der Waals surface area (Å²) in [5, 5.41) is 9.88. The first kappa shape index (κ1) is 28.5. The number of piperidine rings is 1. The van der Waals surface area contributed by atoms with E-state index in [0.717, 1.165) is 37.9 Å². The number of carbonyl (C=O) groups is 2. The quantitative estimate of drug-likeness (QED) is 0.365. The molecule has 2 fully saturated rings. The Balaban J connectivity index is 1.62. The Bertz CT molecular complexity index is 821. The number of ether oxygens (including phenoxy) is 2. The molecule has 0 aromatic heterocycles. The van der Waals surface area contributed by atoms with Crippen LogP contribution in [-0.2, 0) is 9.47 Å². The normalized spacial score (nSPS) is 20.4. The fourth-order valence-corrected chi connectivity index (χ4v) is 5.77. The summed E-state index contributed by atoms with van der Waals surface area (Å²) in [6, 6.07) is 7.84. The van der Waals surface area contributed by atoms with E-state index in [1.807, 2.05) is 36.2 Å². The maximum Gasteiger partial charge on any atom is 0.406 e. The van der Waals surface area contributed by atoms with E-state index in [1.54, 1.807) is 0 Å². The number of halogens is 1. The SMILES string of the molecule is CNCC(CC1CCCCC1)NC(=O)N1CCCC(C(OCCNC(=O)OC)c2cccc(Cl)c2)C1. The van der Waals surface area contributed by atoms with Gasteiger partial charge in [0.25, 0.3) is 0 Å². The minimum atomic E-state index is -0.484. The van der Waals surface area contributed by atoms with Gasteiger partial charge >= 0.3 is 12.1 Å². The molecule has 3 unspecified atom stereocenters. The smallest absolute Gasteiger partial charge is 0.406 e. The van der Waals surface area contributed by atoms with Crippen LogP contribution in [0, 0.1) is 11.8 Å². The van der Waals surface area contributed by atoms with Crippen molar-refractivity contribution in [3.05, 3.63) is 34.9 Å². The lowest BCUT2D eigenvalue weighted by Gasteiger charge is -2.38. The minimum Gasteiger partial charge on any atom is -0.453 e. The van der Waals surface area contributed by atoms with Crippen LogP contribution in [0.15, 0.2) is 24.3 Å². The average molecular weight is 523 g/mol. The largest absolute Gasteiger partial charge is 0.453 e. The molecule has 8 nitrogen and oxygen atoms in total. The van der Waals surface area contributed by atoms with Gasteiger partial charge in [0.15, 0.2) is 0 Å². The van der Waals surface area contributed by atoms with E-state index in [4.69, 9.17) is 16.3 Å². The van der Waals surface area contributed by atoms with Crippen LogP contribution in [0.3, 0.4) is 0 Å². The second-order valence-electron chi connectivity index (χ2n) is 10.1. The van der Waals surface area contributed by atoms with E-state index in [-0.39, 0.29) is 24.1 Å². The maximum atomic E-state index is 13.3. The number of likely N-dealkylation sites (N-methyl/N-ethyl adjacent to an activating group) is 1. The molecule has 1 aromatic carbocycles. The molecule has 3 atom stereocenters. The Hall–Kier alpha value is -2.03. The third kappa shape index (κ3) is 9.12. The van der Waals surface area contributed by atoms with Crippen LogP contribution >= 0.6 is 11.6 Å². The highest BCUT2D eigenvalue weighted by molar-refractivity contribution is 6.30. The molecule has 3 N–H and O–H groups in total. The molecule has 1 aliphatic heterocycles. The average Bonchev–Trinajstić information content (AvgIpc) is 2.89. The summed E-state index contributed by atoms with van der Waals surface area (Å²) >= 11 is 6.29. The predicted molar refractivity (Wildman–Crippen MR) is 142 cm³/mol. The number of nitrogens with zero attached hydrogens (tertiary/aromatic N) is 1. The molecule has 202 valence electrons. The second kappa shape index (κ2) is 15.3. The molecule has 0 radical (unpaired) electrons. The van der Waals surface area contributed by atoms with E-state index in [2.05, 4.69) is 20.7 Å². The molecular formula is C27H43ClN4O4. The van der Waals surface area contributed by atoms with Crippen LogP contribution in [0.25, 0.3) is 0 Å². The highest BCUT2D eigenvalue weighted by Crippen LogP contribution is 2.34. The van der Waals surface area contributed by atoms with Gasteiger partial charge in [-0.2, -0.15) is 0 Å². The Labute approximate surface area is 220 Å². The zero-order valence-electron chi connectivity index (χ0n) is 21.8. The van der Waals surface area contributed by atoms with Crippen LogP contribution in [0.5, 0.6) is 0 Å². The number of urea groups is 1. The van der Waals surface area contributed by atoms with E-state index in [1.165, 1.54) is 39.2 Å². The topological polar surface area (TPSA) is 91.9 Å². The van der Waals surface area contributed by atoms with Crippen molar-refractivity contribution in [1.82, 2.24) is 20.9 Å². The summed E-state index contributed by atoms with van der Waals surface area (Å²) < 4.78 is 10.9. The Kier molecular flexibility index (Phi) is 12.1. The molecule has 9 heteroatoms. The lowest BCUT2D eigenvalue weighted by atomic mass is 9.85. The lowest BCUT2D eigenvalue weighted by Crippen LogP contribution is -2.52. The molecule has 2 aliphatic rings. The predicted octanol–water partition coefficient (Wildman–Crippen LogP) is 4.73. The molecule has 0 bridgehead atoms. The fraction of sp³-hybridized carbons (Fsp3) is 0.704. The van der Waals surface area contributed by atoms with Gasteiger partial charge in [-0.15, -0.1) is 0 Å². The molecule has 36 heavy (non-hydrogen) atoms. The number of likely N-dealkylation sites (tertiary alicyclic amines) is 1. The summed E-state index contributed by atoms with van der Waals surface area (Å²) in [7, 11) is 3.28. The van der Waals surface area contributed by atoms with Crippen molar-refractivity contribution in [3.63, 3.8) is 0 Å². The maximum absolute atomic E-state index is 13.3. The van der Waals surface area contributed by atoms with Crippen molar-refractivity contribution in [3.8, 4) is 0 Å². The Morgan fingerprint density at radius 3 is 2.69 bits per heavy atom. The van der Waals surface area contributed by atoms with Crippen LogP contribution < -0.4 is 16.0 Å². The summed E-state index contributed by atoms with van der Waals surface area (Å²) in [6.07, 6.45) is 8.67. The third-order valence-corrected chi connectivity index (χ3v) is 7.56. The second-order valence-corrected chi connectivity index (χ2v) is 10.5. The van der Waals surface area contributed by atoms with Gasteiger partial charge in [-0.25, -0.2) is 9.59 Å². The highest BCUT2D eigenvalue weighted by atomic mass is 35.5. The fourth-order valence-electron chi connectivity index (χ4n) is 5.57. The molecule has 1 heterocycles. The number of hydrogen-bond donors (Lipinski definition) is 3. The zero-order valence-corrected chi connectivity index (χ0v) is 22.5. The van der Waals surface area contributed by atoms with Gasteiger partial charge in [0.1, 0.15) is 0 Å². The van der Waals surface area contributed by atoms with Crippen molar-refractivity contribution in [1.29, 1.82) is 0 Å². The van der Waals surface area contributed by atoms with E-state index in [0.29, 0.717) is 30.6 Å². The molecule has 0 spiro atoms. The first-order valence-electron chi connectivity index (χ1n) is 13.4. The summed E-state index contributed by atoms with van der Waals surface area (Å²) in [6.45, 7) is 2.81. The minimum absolute atomic E-state index is 0.00737. The number of rotatable bonds is 11. The summed E-state index contributed by atoms with van der Waals surface area (Å²) in [4.78, 5) is 26.6. The van der Waals surface area contributed by atoms with Crippen LogP contribution in [-0.4, -0.2) is 70.0 Å². The van der Waals surface area contributed by atoms with Gasteiger partial charge in [0.05, 0.1) is 19.8 Å². The number of alkyl carbamates (subject to hydrolysis) is 1. The molecular weight excluding hydrogens is 480 g/mol. The lowest BCUT2D eigenvalue weighted by molar-refractivity contribution is -0.00864. The van der Waals surface area contributed by atoms with Gasteiger partial charge < -0.3 is 30.3 Å². The van der Waals surface area contributed by atoms with Gasteiger partial charge in [0.2, 0.25) is 0 Å². The molecule has 1 aliphatic carbocycles. The number of hydrogen-bond acceptors (Lipinski definition) is 5. The zero-order chi connectivity index (χ0) is 25.8. The Morgan fingerprint density at radius 2 is 1.97 bits per heavy atom. The van der Waals surface area contributed by atoms with Crippen molar-refractivity contribution in [2.75, 3.05) is 46.9 Å². The van der Waals surface area contributed by atoms with Gasteiger partial charge in [0, 0.05) is 43.2 Å². The molecule has 3 amide bonds. The van der Waals surface area contributed by atoms with E-state index >= 15 is 0 Å². The molecule has 1 aromatic rings. The summed E-state index contributed by atoms with van der Waals surface area (Å²) in [5.74, 6) is 0.827. The first-order valence-corrected chi connectivity index (χ1v) is 13.8. The molecule has 1 saturated heterocycles. The third-order valence-electron chi connectivity index (χ3n) is 7.33. The standard InChI is InChI=1S/C27H43ClN4O4/c1-29-18-24(16-20-8-4-3-5-9-20)31-26(33)32-14-7-11-22(19-32)25(21-10-6-12-23(28)17-21)36-15-13-30-27(34)35-2/h6,10,12,17,20,22,24-25,29H,3-5,7-9,11,13-16,18-19H2,1-2H3,(H,30,34)(H,31,33). The summed E-state index contributed by atoms with van der Waals surface area (Å²) in [5.41, 5.74) is 0.984. The van der Waals surface area contributed by atoms with E-state index in [9.17, 15) is 9.59 Å². The molecule has 1 saturated carbocycles. The van der Waals surface area contributed by atoms with Crippen molar-refractivity contribution >= 4 is 23.7 Å². The first-order chi connectivity index (χ1) is 17.5. The number of benzene rings is 1. The van der Waals surface area contributed by atoms with Crippen LogP contribution in [0.1, 0.15) is 63.0 Å². The van der Waals surface area contributed by atoms with Crippen molar-refractivity contribution in [2.24, 2.45) is 11.8 Å². The van der Waals surface area contributed by atoms with Gasteiger partial charge in [-0.05, 0) is 49.9 Å². The van der Waals surface area contributed by atoms with Gasteiger partial charge in [-0.3, -0.25) is 0 Å². The monoisotopic (exact) mass is 522 g/mol. The number of carbonyl (C=O) groups excluding carboxylic acids is 2. The number of methoxy groups -OCH3 is 1.